The van der Waals surface area contributed by atoms with Crippen molar-refractivity contribution >= 4 is 5.78 Å². The van der Waals surface area contributed by atoms with Gasteiger partial charge in [-0.3, -0.25) is 4.79 Å². The van der Waals surface area contributed by atoms with Crippen molar-refractivity contribution in [2.24, 2.45) is 0 Å². The van der Waals surface area contributed by atoms with Crippen LogP contribution in [0.25, 0.3) is 0 Å². The molecule has 0 radical (unpaired) electrons. The van der Waals surface area contributed by atoms with Crippen LogP contribution in [0.1, 0.15) is 34.8 Å². The Morgan fingerprint density at radius 1 is 1.04 bits per heavy atom. The van der Waals surface area contributed by atoms with E-state index in [1.165, 1.54) is 0 Å². The predicted molar refractivity (Wildman–Crippen MR) is 99.4 cm³/mol. The molecule has 0 aliphatic carbocycles. The summed E-state index contributed by atoms with van der Waals surface area (Å²) in [4.78, 5) is 12.5. The van der Waals surface area contributed by atoms with Crippen molar-refractivity contribution in [2.75, 3.05) is 0 Å². The van der Waals surface area contributed by atoms with Gasteiger partial charge in [-0.1, -0.05) is 55.5 Å². The number of allylic oxidation sites excluding steroid dienone is 4. The summed E-state index contributed by atoms with van der Waals surface area (Å²) < 4.78 is 5.80. The molecule has 2 rings (SSSR count). The smallest absolute Gasteiger partial charge is 0.193 e. The Bertz CT molecular complexity index is 748. The number of aryl methyl sites for hydroxylation is 1. The van der Waals surface area contributed by atoms with Gasteiger partial charge in [0.25, 0.3) is 0 Å². The minimum atomic E-state index is 0.00860. The molecule has 2 aromatic carbocycles. The molecule has 2 nitrogen and oxygen atoms in total. The zero-order valence-corrected chi connectivity index (χ0v) is 14.2. The van der Waals surface area contributed by atoms with Gasteiger partial charge >= 0.3 is 0 Å². The van der Waals surface area contributed by atoms with Crippen LogP contribution in [0, 0.1) is 6.92 Å². The quantitative estimate of drug-likeness (QED) is 0.375. The second kappa shape index (κ2) is 8.68. The van der Waals surface area contributed by atoms with Crippen molar-refractivity contribution < 1.29 is 9.53 Å². The minimum absolute atomic E-state index is 0.00860. The van der Waals surface area contributed by atoms with Gasteiger partial charge < -0.3 is 4.74 Å². The third-order valence-electron chi connectivity index (χ3n) is 3.47. The average molecular weight is 318 g/mol. The van der Waals surface area contributed by atoms with E-state index in [-0.39, 0.29) is 5.78 Å². The molecule has 0 aliphatic rings. The Hall–Kier alpha value is -2.87. The Kier molecular flexibility index (Phi) is 6.32. The number of hydrogen-bond acceptors (Lipinski definition) is 2. The van der Waals surface area contributed by atoms with Crippen LogP contribution in [0.15, 0.2) is 85.2 Å². The highest BCUT2D eigenvalue weighted by Gasteiger charge is 2.09. The van der Waals surface area contributed by atoms with Gasteiger partial charge in [-0.2, -0.15) is 0 Å². The normalized spacial score (nSPS) is 11.5. The van der Waals surface area contributed by atoms with Crippen molar-refractivity contribution in [1.82, 2.24) is 0 Å². The van der Waals surface area contributed by atoms with Crippen LogP contribution < -0.4 is 4.74 Å². The number of hydrogen-bond donors (Lipinski definition) is 0. The van der Waals surface area contributed by atoms with Crippen LogP contribution in [0.3, 0.4) is 0 Å². The summed E-state index contributed by atoms with van der Waals surface area (Å²) in [5.41, 5.74) is 2.47. The number of carbonyl (C=O) groups is 1. The summed E-state index contributed by atoms with van der Waals surface area (Å²) in [7, 11) is 0. The van der Waals surface area contributed by atoms with Crippen molar-refractivity contribution in [2.45, 2.75) is 20.3 Å². The van der Waals surface area contributed by atoms with Crippen LogP contribution in [-0.2, 0) is 0 Å². The first-order valence-electron chi connectivity index (χ1n) is 8.02. The van der Waals surface area contributed by atoms with E-state index in [9.17, 15) is 4.79 Å². The molecule has 122 valence electrons. The lowest BCUT2D eigenvalue weighted by atomic mass is 10.0. The van der Waals surface area contributed by atoms with Crippen LogP contribution in [-0.4, -0.2) is 5.78 Å². The summed E-state index contributed by atoms with van der Waals surface area (Å²) in [5, 5.41) is 0. The summed E-state index contributed by atoms with van der Waals surface area (Å²) in [6.45, 7) is 7.76. The van der Waals surface area contributed by atoms with E-state index in [1.54, 1.807) is 36.4 Å². The number of benzene rings is 2. The Balaban J connectivity index is 2.13. The van der Waals surface area contributed by atoms with Crippen molar-refractivity contribution in [1.29, 1.82) is 0 Å². The molecule has 0 spiro atoms. The lowest BCUT2D eigenvalue weighted by molar-refractivity contribution is 0.103. The highest BCUT2D eigenvalue weighted by atomic mass is 16.5. The molecule has 0 N–H and O–H groups in total. The molecule has 2 heteroatoms. The van der Waals surface area contributed by atoms with Crippen LogP contribution >= 0.6 is 0 Å². The van der Waals surface area contributed by atoms with E-state index in [0.717, 1.165) is 12.0 Å². The molecule has 0 saturated carbocycles. The van der Waals surface area contributed by atoms with E-state index in [1.807, 2.05) is 43.3 Å². The van der Waals surface area contributed by atoms with Gasteiger partial charge in [-0.15, -0.1) is 0 Å². The lowest BCUT2D eigenvalue weighted by Gasteiger charge is -2.07. The van der Waals surface area contributed by atoms with E-state index in [4.69, 9.17) is 4.74 Å². The zero-order valence-electron chi connectivity index (χ0n) is 14.2. The molecule has 24 heavy (non-hydrogen) atoms. The highest BCUT2D eigenvalue weighted by molar-refractivity contribution is 6.09. The lowest BCUT2D eigenvalue weighted by Crippen LogP contribution is -2.01. The second-order valence-corrected chi connectivity index (χ2v) is 5.44. The fourth-order valence-corrected chi connectivity index (χ4v) is 2.16. The van der Waals surface area contributed by atoms with E-state index < -0.39 is 0 Å². The Labute approximate surface area is 143 Å². The van der Waals surface area contributed by atoms with E-state index >= 15 is 0 Å². The maximum atomic E-state index is 12.5. The molecule has 0 saturated heterocycles. The first-order valence-corrected chi connectivity index (χ1v) is 8.02. The fourth-order valence-electron chi connectivity index (χ4n) is 2.16. The average Bonchev–Trinajstić information content (AvgIpc) is 2.60. The molecule has 0 heterocycles. The van der Waals surface area contributed by atoms with Gasteiger partial charge in [-0.05, 0) is 49.8 Å². The summed E-state index contributed by atoms with van der Waals surface area (Å²) in [6, 6.07) is 14.8. The molecule has 0 aromatic heterocycles. The summed E-state index contributed by atoms with van der Waals surface area (Å²) >= 11 is 0. The largest absolute Gasteiger partial charge is 0.457 e. The standard InChI is InChI=1S/C22H22O2/c1-4-6-8-20(7-5-2)24-21-15-13-19(14-16-21)22(23)18-11-9-17(3)10-12-18/h5-16H,2,4H2,1,3H3/b8-6-,20-7+. The highest BCUT2D eigenvalue weighted by Crippen LogP contribution is 2.18. The molecular weight excluding hydrogens is 296 g/mol. The number of ether oxygens (including phenoxy) is 1. The van der Waals surface area contributed by atoms with Gasteiger partial charge in [0.2, 0.25) is 0 Å². The number of ketones is 1. The first-order chi connectivity index (χ1) is 11.6. The predicted octanol–water partition coefficient (Wildman–Crippen LogP) is 5.64. The molecule has 0 aliphatic heterocycles. The van der Waals surface area contributed by atoms with Gasteiger partial charge in [0, 0.05) is 11.1 Å². The summed E-state index contributed by atoms with van der Waals surface area (Å²) in [6.07, 6.45) is 8.35. The van der Waals surface area contributed by atoms with Crippen molar-refractivity contribution in [3.05, 3.63) is 102 Å². The van der Waals surface area contributed by atoms with Gasteiger partial charge in [0.15, 0.2) is 5.78 Å². The van der Waals surface area contributed by atoms with Gasteiger partial charge in [-0.25, -0.2) is 0 Å². The van der Waals surface area contributed by atoms with E-state index in [0.29, 0.717) is 22.6 Å². The van der Waals surface area contributed by atoms with Crippen LogP contribution in [0.5, 0.6) is 5.75 Å². The molecule has 0 unspecified atom stereocenters. The monoisotopic (exact) mass is 318 g/mol. The van der Waals surface area contributed by atoms with Crippen LogP contribution in [0.2, 0.25) is 0 Å². The van der Waals surface area contributed by atoms with Crippen molar-refractivity contribution in [3.8, 4) is 5.75 Å². The number of carbonyl (C=O) groups excluding carboxylic acids is 1. The molecule has 2 aromatic rings. The zero-order chi connectivity index (χ0) is 17.4. The number of rotatable bonds is 7. The first kappa shape index (κ1) is 17.5. The molecular formula is C22H22O2. The third-order valence-corrected chi connectivity index (χ3v) is 3.47. The topological polar surface area (TPSA) is 26.3 Å². The Morgan fingerprint density at radius 2 is 1.62 bits per heavy atom. The van der Waals surface area contributed by atoms with Crippen LogP contribution in [0.4, 0.5) is 0 Å². The molecule has 0 bridgehead atoms. The van der Waals surface area contributed by atoms with Gasteiger partial charge in [0.05, 0.1) is 0 Å². The van der Waals surface area contributed by atoms with Crippen molar-refractivity contribution in [3.63, 3.8) is 0 Å². The maximum absolute atomic E-state index is 12.5. The second-order valence-electron chi connectivity index (χ2n) is 5.44. The fraction of sp³-hybridized carbons (Fsp3) is 0.136. The van der Waals surface area contributed by atoms with E-state index in [2.05, 4.69) is 13.5 Å². The molecule has 0 amide bonds. The minimum Gasteiger partial charge on any atom is -0.457 e. The SMILES string of the molecule is C=C/C=C(\C=C/CC)Oc1ccc(C(=O)c2ccc(C)cc2)cc1. The maximum Gasteiger partial charge on any atom is 0.193 e. The summed E-state index contributed by atoms with van der Waals surface area (Å²) in [5.74, 6) is 1.41. The molecule has 0 fully saturated rings. The third kappa shape index (κ3) is 4.82. The molecule has 0 atom stereocenters. The van der Waals surface area contributed by atoms with Gasteiger partial charge in [0.1, 0.15) is 11.5 Å². The Morgan fingerprint density at radius 3 is 2.17 bits per heavy atom.